The standard InChI is InChI=1S/C21H26N6O3/c28-20(22-15-6-4-7-16(14-15)25-12-13-30-21(25)29)26-11-5-8-17(26)19-24-23-18-9-2-1-3-10-27(18)19/h4,6-7,14,17H,1-3,5,8-13H2,(H,22,28). The Morgan fingerprint density at radius 2 is 2.03 bits per heavy atom. The van der Waals surface area contributed by atoms with Crippen LogP contribution >= 0.6 is 0 Å². The lowest BCUT2D eigenvalue weighted by Crippen LogP contribution is -2.35. The second kappa shape index (κ2) is 7.97. The highest BCUT2D eigenvalue weighted by atomic mass is 16.6. The Balaban J connectivity index is 1.33. The van der Waals surface area contributed by atoms with E-state index in [1.807, 2.05) is 23.1 Å². The third-order valence-electron chi connectivity index (χ3n) is 6.12. The number of fused-ring (bicyclic) bond motifs is 1. The molecule has 9 nitrogen and oxygen atoms in total. The number of rotatable bonds is 3. The van der Waals surface area contributed by atoms with Crippen molar-refractivity contribution in [1.29, 1.82) is 0 Å². The fourth-order valence-electron chi connectivity index (χ4n) is 4.61. The Kier molecular flexibility index (Phi) is 5.02. The number of nitrogens with zero attached hydrogens (tertiary/aromatic N) is 5. The molecule has 1 unspecified atom stereocenters. The summed E-state index contributed by atoms with van der Waals surface area (Å²) in [7, 11) is 0. The highest BCUT2D eigenvalue weighted by Crippen LogP contribution is 2.33. The van der Waals surface area contributed by atoms with E-state index in [1.165, 1.54) is 6.42 Å². The van der Waals surface area contributed by atoms with Gasteiger partial charge in [-0.05, 0) is 43.9 Å². The number of aromatic nitrogens is 3. The molecule has 3 aliphatic rings. The summed E-state index contributed by atoms with van der Waals surface area (Å²) in [6.45, 7) is 2.52. The van der Waals surface area contributed by atoms with Crippen LogP contribution in [-0.2, 0) is 17.7 Å². The van der Waals surface area contributed by atoms with Crippen LogP contribution in [0.1, 0.15) is 49.8 Å². The predicted molar refractivity (Wildman–Crippen MR) is 110 cm³/mol. The zero-order valence-corrected chi connectivity index (χ0v) is 16.9. The molecule has 1 atom stereocenters. The number of ether oxygens (including phenoxy) is 1. The fraction of sp³-hybridized carbons (Fsp3) is 0.524. The van der Waals surface area contributed by atoms with E-state index in [0.29, 0.717) is 25.4 Å². The summed E-state index contributed by atoms with van der Waals surface area (Å²) in [4.78, 5) is 28.4. The lowest BCUT2D eigenvalue weighted by molar-refractivity contribution is 0.181. The molecule has 1 aromatic carbocycles. The van der Waals surface area contributed by atoms with Crippen molar-refractivity contribution in [2.45, 2.75) is 51.1 Å². The molecule has 1 aromatic heterocycles. The van der Waals surface area contributed by atoms with Gasteiger partial charge in [0.05, 0.1) is 12.6 Å². The van der Waals surface area contributed by atoms with Crippen molar-refractivity contribution in [2.24, 2.45) is 0 Å². The molecule has 9 heteroatoms. The van der Waals surface area contributed by atoms with Gasteiger partial charge in [0.1, 0.15) is 12.4 Å². The maximum atomic E-state index is 13.1. The van der Waals surface area contributed by atoms with Crippen LogP contribution in [0.15, 0.2) is 24.3 Å². The van der Waals surface area contributed by atoms with E-state index in [4.69, 9.17) is 4.74 Å². The first-order valence-electron chi connectivity index (χ1n) is 10.7. The van der Waals surface area contributed by atoms with Crippen LogP contribution in [0.5, 0.6) is 0 Å². The lowest BCUT2D eigenvalue weighted by Gasteiger charge is -2.25. The van der Waals surface area contributed by atoms with E-state index in [2.05, 4.69) is 20.1 Å². The van der Waals surface area contributed by atoms with Gasteiger partial charge in [0.2, 0.25) is 0 Å². The normalized spacial score (nSPS) is 21.3. The van der Waals surface area contributed by atoms with Gasteiger partial charge in [0, 0.05) is 30.9 Å². The monoisotopic (exact) mass is 410 g/mol. The third kappa shape index (κ3) is 3.48. The number of aryl methyl sites for hydroxylation is 1. The van der Waals surface area contributed by atoms with Gasteiger partial charge in [0.15, 0.2) is 5.82 Å². The molecule has 4 heterocycles. The van der Waals surface area contributed by atoms with E-state index in [-0.39, 0.29) is 18.2 Å². The Morgan fingerprint density at radius 3 is 2.90 bits per heavy atom. The highest BCUT2D eigenvalue weighted by Gasteiger charge is 2.34. The van der Waals surface area contributed by atoms with E-state index < -0.39 is 0 Å². The Hall–Kier alpha value is -3.10. The minimum absolute atomic E-state index is 0.0545. The number of hydrogen-bond donors (Lipinski definition) is 1. The molecule has 30 heavy (non-hydrogen) atoms. The minimum Gasteiger partial charge on any atom is -0.447 e. The number of carbonyl (C=O) groups is 2. The largest absolute Gasteiger partial charge is 0.447 e. The molecule has 158 valence electrons. The van der Waals surface area contributed by atoms with Crippen LogP contribution in [0.4, 0.5) is 21.0 Å². The average molecular weight is 410 g/mol. The summed E-state index contributed by atoms with van der Waals surface area (Å²) < 4.78 is 7.23. The summed E-state index contributed by atoms with van der Waals surface area (Å²) in [5.41, 5.74) is 1.37. The van der Waals surface area contributed by atoms with Gasteiger partial charge in [-0.2, -0.15) is 0 Å². The van der Waals surface area contributed by atoms with Crippen LogP contribution in [0.3, 0.4) is 0 Å². The van der Waals surface area contributed by atoms with E-state index in [9.17, 15) is 9.59 Å². The van der Waals surface area contributed by atoms with E-state index in [1.54, 1.807) is 11.0 Å². The molecular formula is C21H26N6O3. The highest BCUT2D eigenvalue weighted by molar-refractivity contribution is 5.93. The maximum Gasteiger partial charge on any atom is 0.414 e. The smallest absolute Gasteiger partial charge is 0.414 e. The molecule has 3 aliphatic heterocycles. The van der Waals surface area contributed by atoms with Crippen LogP contribution in [0, 0.1) is 0 Å². The summed E-state index contributed by atoms with van der Waals surface area (Å²) in [5, 5.41) is 11.9. The molecule has 5 rings (SSSR count). The number of urea groups is 1. The van der Waals surface area contributed by atoms with Crippen molar-refractivity contribution < 1.29 is 14.3 Å². The number of benzene rings is 1. The molecule has 2 fully saturated rings. The van der Waals surface area contributed by atoms with Crippen molar-refractivity contribution in [1.82, 2.24) is 19.7 Å². The minimum atomic E-state index is -0.356. The summed E-state index contributed by atoms with van der Waals surface area (Å²) in [6.07, 6.45) is 5.92. The van der Waals surface area contributed by atoms with Crippen molar-refractivity contribution in [3.05, 3.63) is 35.9 Å². The SMILES string of the molecule is O=C1OCCN1c1cccc(NC(=O)N2CCCC2c2nnc3n2CCCCC3)c1. The number of cyclic esters (lactones) is 1. The summed E-state index contributed by atoms with van der Waals surface area (Å²) >= 11 is 0. The Bertz CT molecular complexity index is 958. The predicted octanol–water partition coefficient (Wildman–Crippen LogP) is 3.33. The molecule has 0 radical (unpaired) electrons. The molecule has 0 bridgehead atoms. The number of nitrogens with one attached hydrogen (secondary N) is 1. The zero-order chi connectivity index (χ0) is 20.5. The van der Waals surface area contributed by atoms with Crippen LogP contribution < -0.4 is 10.2 Å². The van der Waals surface area contributed by atoms with Gasteiger partial charge in [-0.25, -0.2) is 9.59 Å². The van der Waals surface area contributed by atoms with Crippen molar-refractivity contribution >= 4 is 23.5 Å². The molecule has 0 saturated carbocycles. The van der Waals surface area contributed by atoms with Crippen LogP contribution in [0.2, 0.25) is 0 Å². The van der Waals surface area contributed by atoms with Crippen molar-refractivity contribution in [2.75, 3.05) is 29.9 Å². The number of anilines is 2. The average Bonchev–Trinajstić information content (AvgIpc) is 3.45. The third-order valence-corrected chi connectivity index (χ3v) is 6.12. The fourth-order valence-corrected chi connectivity index (χ4v) is 4.61. The zero-order valence-electron chi connectivity index (χ0n) is 16.9. The number of carbonyl (C=O) groups excluding carboxylic acids is 2. The quantitative estimate of drug-likeness (QED) is 0.838. The number of amides is 3. The second-order valence-corrected chi connectivity index (χ2v) is 8.03. The Labute approximate surface area is 175 Å². The first-order chi connectivity index (χ1) is 14.7. The molecule has 2 aromatic rings. The topological polar surface area (TPSA) is 92.6 Å². The van der Waals surface area contributed by atoms with Crippen LogP contribution in [0.25, 0.3) is 0 Å². The van der Waals surface area contributed by atoms with Gasteiger partial charge >= 0.3 is 12.1 Å². The van der Waals surface area contributed by atoms with Gasteiger partial charge in [-0.1, -0.05) is 12.5 Å². The van der Waals surface area contributed by atoms with Gasteiger partial charge in [0.25, 0.3) is 0 Å². The molecule has 1 N–H and O–H groups in total. The number of hydrogen-bond acceptors (Lipinski definition) is 5. The first-order valence-corrected chi connectivity index (χ1v) is 10.7. The molecule has 0 spiro atoms. The first kappa shape index (κ1) is 18.9. The molecule has 2 saturated heterocycles. The van der Waals surface area contributed by atoms with Gasteiger partial charge in [-0.3, -0.25) is 4.90 Å². The van der Waals surface area contributed by atoms with Crippen molar-refractivity contribution in [3.63, 3.8) is 0 Å². The summed E-state index contributed by atoms with van der Waals surface area (Å²) in [6, 6.07) is 7.10. The molecule has 0 aliphatic carbocycles. The number of likely N-dealkylation sites (tertiary alicyclic amines) is 1. The van der Waals surface area contributed by atoms with E-state index >= 15 is 0 Å². The lowest BCUT2D eigenvalue weighted by atomic mass is 10.2. The maximum absolute atomic E-state index is 13.1. The second-order valence-electron chi connectivity index (χ2n) is 8.03. The Morgan fingerprint density at radius 1 is 1.10 bits per heavy atom. The van der Waals surface area contributed by atoms with Crippen LogP contribution in [-0.4, -0.2) is 51.5 Å². The van der Waals surface area contributed by atoms with Gasteiger partial charge < -0.3 is 19.5 Å². The molecule has 3 amide bonds. The van der Waals surface area contributed by atoms with Gasteiger partial charge in [-0.15, -0.1) is 10.2 Å². The van der Waals surface area contributed by atoms with Crippen molar-refractivity contribution in [3.8, 4) is 0 Å². The summed E-state index contributed by atoms with van der Waals surface area (Å²) in [5.74, 6) is 1.95. The van der Waals surface area contributed by atoms with E-state index in [0.717, 1.165) is 56.0 Å². The molecular weight excluding hydrogens is 384 g/mol.